The van der Waals surface area contributed by atoms with Gasteiger partial charge in [0.2, 0.25) is 5.91 Å². The van der Waals surface area contributed by atoms with Gasteiger partial charge in [-0.1, -0.05) is 17.7 Å². The molecule has 1 aliphatic rings. The number of hydrogen-bond acceptors (Lipinski definition) is 5. The topological polar surface area (TPSA) is 75.7 Å². The van der Waals surface area contributed by atoms with Crippen LogP contribution in [0.25, 0.3) is 0 Å². The Kier molecular flexibility index (Phi) is 6.69. The number of esters is 1. The Morgan fingerprint density at radius 2 is 1.86 bits per heavy atom. The van der Waals surface area contributed by atoms with E-state index in [2.05, 4.69) is 5.32 Å². The highest BCUT2D eigenvalue weighted by molar-refractivity contribution is 7.14. The van der Waals surface area contributed by atoms with E-state index in [0.717, 1.165) is 31.2 Å². The molecular weight excluding hydrogens is 388 g/mol. The summed E-state index contributed by atoms with van der Waals surface area (Å²) in [6, 6.07) is 9.29. The maximum Gasteiger partial charge on any atom is 0.349 e. The number of thiophene rings is 1. The molecule has 1 heterocycles. The van der Waals surface area contributed by atoms with Gasteiger partial charge in [-0.3, -0.25) is 9.59 Å². The number of nitrogens with zero attached hydrogens (tertiary/aromatic N) is 1. The Labute approximate surface area is 174 Å². The number of rotatable bonds is 6. The van der Waals surface area contributed by atoms with Gasteiger partial charge in [0.1, 0.15) is 4.88 Å². The van der Waals surface area contributed by atoms with Gasteiger partial charge in [-0.25, -0.2) is 4.79 Å². The van der Waals surface area contributed by atoms with E-state index in [1.165, 1.54) is 40.6 Å². The van der Waals surface area contributed by atoms with Crippen molar-refractivity contribution in [1.82, 2.24) is 4.90 Å². The number of ether oxygens (including phenoxy) is 1. The maximum absolute atomic E-state index is 12.5. The summed E-state index contributed by atoms with van der Waals surface area (Å²) in [4.78, 5) is 40.2. The average molecular weight is 415 g/mol. The molecule has 6 nitrogen and oxygen atoms in total. The summed E-state index contributed by atoms with van der Waals surface area (Å²) in [6.07, 6.45) is 3.32. The van der Waals surface area contributed by atoms with Crippen molar-refractivity contribution >= 4 is 34.8 Å². The number of fused-ring (bicyclic) bond motifs is 1. The molecular formula is C22H26N2O4S. The third-order valence-corrected chi connectivity index (χ3v) is 6.14. The van der Waals surface area contributed by atoms with Crippen molar-refractivity contribution in [2.45, 2.75) is 45.6 Å². The Morgan fingerprint density at radius 1 is 1.17 bits per heavy atom. The van der Waals surface area contributed by atoms with Crippen molar-refractivity contribution in [3.05, 3.63) is 51.2 Å². The van der Waals surface area contributed by atoms with E-state index in [-0.39, 0.29) is 12.5 Å². The summed E-state index contributed by atoms with van der Waals surface area (Å²) in [5.41, 5.74) is 2.98. The minimum Gasteiger partial charge on any atom is -0.448 e. The number of nitrogens with one attached hydrogen (secondary N) is 1. The highest BCUT2D eigenvalue weighted by Crippen LogP contribution is 2.30. The number of carbonyl (C=O) groups excluding carboxylic acids is 3. The van der Waals surface area contributed by atoms with E-state index >= 15 is 0 Å². The third-order valence-electron chi connectivity index (χ3n) is 4.92. The molecule has 0 fully saturated rings. The number of likely N-dealkylation sites (N-methyl/N-ethyl adjacent to an activating group) is 1. The standard InChI is InChI=1S/C22H26N2O4S/c1-14-8-10-17(11-9-14)23-20(25)13-24(3)21(26)15(2)28-22(27)19-12-16-6-4-5-7-18(16)29-19/h8-12,15H,4-7,13H2,1-3H3,(H,23,25)/t15-/m1/s1. The summed E-state index contributed by atoms with van der Waals surface area (Å²) in [6.45, 7) is 3.37. The van der Waals surface area contributed by atoms with E-state index in [4.69, 9.17) is 4.74 Å². The van der Waals surface area contributed by atoms with Crippen molar-refractivity contribution < 1.29 is 19.1 Å². The first kappa shape index (κ1) is 21.0. The molecule has 154 valence electrons. The van der Waals surface area contributed by atoms with Gasteiger partial charge in [0, 0.05) is 17.6 Å². The van der Waals surface area contributed by atoms with Crippen molar-refractivity contribution in [3.63, 3.8) is 0 Å². The minimum absolute atomic E-state index is 0.123. The van der Waals surface area contributed by atoms with Crippen molar-refractivity contribution in [2.24, 2.45) is 0 Å². The van der Waals surface area contributed by atoms with E-state index < -0.39 is 18.0 Å². The van der Waals surface area contributed by atoms with Crippen LogP contribution in [0.1, 0.15) is 45.4 Å². The molecule has 0 bridgehead atoms. The van der Waals surface area contributed by atoms with Gasteiger partial charge >= 0.3 is 5.97 Å². The van der Waals surface area contributed by atoms with Crippen LogP contribution < -0.4 is 5.32 Å². The largest absolute Gasteiger partial charge is 0.448 e. The molecule has 29 heavy (non-hydrogen) atoms. The van der Waals surface area contributed by atoms with Crippen LogP contribution in [0.2, 0.25) is 0 Å². The number of hydrogen-bond donors (Lipinski definition) is 1. The SMILES string of the molecule is Cc1ccc(NC(=O)CN(C)C(=O)[C@@H](C)OC(=O)c2cc3c(s2)CCCC3)cc1. The van der Waals surface area contributed by atoms with Gasteiger partial charge < -0.3 is 15.0 Å². The van der Waals surface area contributed by atoms with Gasteiger partial charge in [-0.15, -0.1) is 11.3 Å². The first-order chi connectivity index (χ1) is 13.8. The van der Waals surface area contributed by atoms with Crippen molar-refractivity contribution in [2.75, 3.05) is 18.9 Å². The summed E-state index contributed by atoms with van der Waals surface area (Å²) in [7, 11) is 1.52. The number of aryl methyl sites for hydroxylation is 3. The summed E-state index contributed by atoms with van der Waals surface area (Å²) in [5.74, 6) is -1.21. The monoisotopic (exact) mass is 414 g/mol. The zero-order chi connectivity index (χ0) is 21.0. The minimum atomic E-state index is -0.959. The normalized spacial score (nSPS) is 13.9. The smallest absolute Gasteiger partial charge is 0.349 e. The predicted molar refractivity (Wildman–Crippen MR) is 113 cm³/mol. The first-order valence-electron chi connectivity index (χ1n) is 9.77. The van der Waals surface area contributed by atoms with Crippen molar-refractivity contribution in [1.29, 1.82) is 0 Å². The molecule has 0 unspecified atom stereocenters. The lowest BCUT2D eigenvalue weighted by Crippen LogP contribution is -2.41. The number of carbonyl (C=O) groups is 3. The molecule has 0 saturated carbocycles. The predicted octanol–water partition coefficient (Wildman–Crippen LogP) is 3.58. The molecule has 3 rings (SSSR count). The fraction of sp³-hybridized carbons (Fsp3) is 0.409. The van der Waals surface area contributed by atoms with Crippen LogP contribution in [0.4, 0.5) is 5.69 Å². The van der Waals surface area contributed by atoms with Crippen LogP contribution in [-0.4, -0.2) is 42.4 Å². The lowest BCUT2D eigenvalue weighted by Gasteiger charge is -2.21. The highest BCUT2D eigenvalue weighted by atomic mass is 32.1. The summed E-state index contributed by atoms with van der Waals surface area (Å²) < 4.78 is 5.36. The molecule has 1 aromatic heterocycles. The van der Waals surface area contributed by atoms with Gasteiger partial charge in [0.15, 0.2) is 6.10 Å². The van der Waals surface area contributed by atoms with E-state index in [0.29, 0.717) is 10.6 Å². The highest BCUT2D eigenvalue weighted by Gasteiger charge is 2.25. The van der Waals surface area contributed by atoms with Gasteiger partial charge in [-0.2, -0.15) is 0 Å². The Morgan fingerprint density at radius 3 is 2.55 bits per heavy atom. The van der Waals surface area contributed by atoms with Crippen LogP contribution in [0.3, 0.4) is 0 Å². The molecule has 0 radical (unpaired) electrons. The lowest BCUT2D eigenvalue weighted by atomic mass is 9.99. The Hall–Kier alpha value is -2.67. The van der Waals surface area contributed by atoms with Crippen LogP contribution >= 0.6 is 11.3 Å². The second kappa shape index (κ2) is 9.22. The van der Waals surface area contributed by atoms with Crippen LogP contribution in [0.5, 0.6) is 0 Å². The lowest BCUT2D eigenvalue weighted by molar-refractivity contribution is -0.140. The second-order valence-electron chi connectivity index (χ2n) is 7.42. The zero-order valence-electron chi connectivity index (χ0n) is 17.0. The van der Waals surface area contributed by atoms with Crippen LogP contribution in [-0.2, 0) is 27.2 Å². The summed E-state index contributed by atoms with van der Waals surface area (Å²) >= 11 is 1.45. The van der Waals surface area contributed by atoms with E-state index in [9.17, 15) is 14.4 Å². The zero-order valence-corrected chi connectivity index (χ0v) is 17.8. The average Bonchev–Trinajstić information content (AvgIpc) is 3.13. The molecule has 1 aliphatic carbocycles. The molecule has 0 aliphatic heterocycles. The van der Waals surface area contributed by atoms with Crippen LogP contribution in [0.15, 0.2) is 30.3 Å². The Balaban J connectivity index is 1.51. The fourth-order valence-corrected chi connectivity index (χ4v) is 4.44. The molecule has 1 aromatic carbocycles. The van der Waals surface area contributed by atoms with Crippen LogP contribution in [0, 0.1) is 6.92 Å². The summed E-state index contributed by atoms with van der Waals surface area (Å²) in [5, 5.41) is 2.75. The molecule has 1 N–H and O–H groups in total. The number of anilines is 1. The number of benzene rings is 1. The van der Waals surface area contributed by atoms with Gasteiger partial charge in [-0.05, 0) is 63.3 Å². The van der Waals surface area contributed by atoms with E-state index in [1.54, 1.807) is 12.1 Å². The van der Waals surface area contributed by atoms with Gasteiger partial charge in [0.05, 0.1) is 6.54 Å². The molecule has 0 spiro atoms. The quantitative estimate of drug-likeness (QED) is 0.733. The van der Waals surface area contributed by atoms with Gasteiger partial charge in [0.25, 0.3) is 5.91 Å². The Bertz CT molecular complexity index is 881. The third kappa shape index (κ3) is 5.44. The molecule has 1 atom stereocenters. The molecule has 0 saturated heterocycles. The maximum atomic E-state index is 12.5. The molecule has 7 heteroatoms. The first-order valence-corrected chi connectivity index (χ1v) is 10.6. The molecule has 2 aromatic rings. The van der Waals surface area contributed by atoms with Crippen molar-refractivity contribution in [3.8, 4) is 0 Å². The second-order valence-corrected chi connectivity index (χ2v) is 8.56. The molecule has 2 amide bonds. The number of amides is 2. The van der Waals surface area contributed by atoms with E-state index in [1.807, 2.05) is 25.1 Å². The fourth-order valence-electron chi connectivity index (χ4n) is 3.30.